The molecule has 2 fully saturated rings. The number of amides is 1. The monoisotopic (exact) mass is 315 g/mol. The van der Waals surface area contributed by atoms with E-state index in [0.29, 0.717) is 5.92 Å². The van der Waals surface area contributed by atoms with Crippen LogP contribution in [0.15, 0.2) is 24.3 Å². The average Bonchev–Trinajstić information content (AvgIpc) is 3.20. The van der Waals surface area contributed by atoms with Gasteiger partial charge in [-0.3, -0.25) is 4.79 Å². The summed E-state index contributed by atoms with van der Waals surface area (Å²) in [4.78, 5) is 25.7. The third kappa shape index (κ3) is 3.12. The molecule has 0 radical (unpaired) electrons. The minimum absolute atomic E-state index is 0.103. The van der Waals surface area contributed by atoms with E-state index < -0.39 is 5.60 Å². The molecule has 0 spiro atoms. The number of likely N-dealkylation sites (tertiary alicyclic amines) is 1. The van der Waals surface area contributed by atoms with Crippen LogP contribution in [0.1, 0.15) is 56.5 Å². The Hall–Kier alpha value is -1.84. The highest BCUT2D eigenvalue weighted by Crippen LogP contribution is 2.59. The maximum absolute atomic E-state index is 12.2. The highest BCUT2D eigenvalue weighted by atomic mass is 16.6. The second kappa shape index (κ2) is 5.36. The predicted molar refractivity (Wildman–Crippen MR) is 88.7 cm³/mol. The highest BCUT2D eigenvalue weighted by molar-refractivity contribution is 5.94. The number of fused-ring (bicyclic) bond motifs is 1. The van der Waals surface area contributed by atoms with Crippen molar-refractivity contribution in [2.24, 2.45) is 5.92 Å². The molecule has 1 aliphatic heterocycles. The number of carbonyl (C=O) groups excluding carboxylic acids is 2. The number of rotatable bonds is 2. The zero-order valence-corrected chi connectivity index (χ0v) is 14.4. The van der Waals surface area contributed by atoms with Gasteiger partial charge in [-0.15, -0.1) is 0 Å². The van der Waals surface area contributed by atoms with E-state index in [4.69, 9.17) is 4.74 Å². The van der Waals surface area contributed by atoms with Crippen LogP contribution in [0, 0.1) is 5.92 Å². The Labute approximate surface area is 137 Å². The van der Waals surface area contributed by atoms with Gasteiger partial charge in [0.15, 0.2) is 5.78 Å². The van der Waals surface area contributed by atoms with E-state index in [1.165, 1.54) is 5.56 Å². The van der Waals surface area contributed by atoms with Crippen LogP contribution in [-0.2, 0) is 10.2 Å². The van der Waals surface area contributed by atoms with Gasteiger partial charge in [0.2, 0.25) is 0 Å². The molecule has 1 aliphatic carbocycles. The van der Waals surface area contributed by atoms with E-state index >= 15 is 0 Å². The van der Waals surface area contributed by atoms with Gasteiger partial charge < -0.3 is 9.64 Å². The van der Waals surface area contributed by atoms with E-state index in [9.17, 15) is 9.59 Å². The lowest BCUT2D eigenvalue weighted by molar-refractivity contribution is 0.0198. The van der Waals surface area contributed by atoms with Gasteiger partial charge in [0.25, 0.3) is 0 Å². The third-order valence-electron chi connectivity index (χ3n) is 5.00. The Morgan fingerprint density at radius 1 is 1.30 bits per heavy atom. The zero-order valence-electron chi connectivity index (χ0n) is 14.4. The van der Waals surface area contributed by atoms with Gasteiger partial charge in [0.05, 0.1) is 0 Å². The first-order chi connectivity index (χ1) is 10.7. The van der Waals surface area contributed by atoms with Crippen molar-refractivity contribution in [1.82, 2.24) is 4.90 Å². The molecule has 1 aromatic carbocycles. The van der Waals surface area contributed by atoms with Gasteiger partial charge in [-0.05, 0) is 58.1 Å². The van der Waals surface area contributed by atoms with Gasteiger partial charge in [0.1, 0.15) is 5.60 Å². The maximum atomic E-state index is 12.2. The van der Waals surface area contributed by atoms with Crippen LogP contribution in [-0.4, -0.2) is 35.5 Å². The van der Waals surface area contributed by atoms with Gasteiger partial charge in [-0.25, -0.2) is 4.79 Å². The molecule has 1 aromatic rings. The summed E-state index contributed by atoms with van der Waals surface area (Å²) in [5.41, 5.74) is 1.73. The van der Waals surface area contributed by atoms with Crippen molar-refractivity contribution >= 4 is 11.9 Å². The summed E-state index contributed by atoms with van der Waals surface area (Å²) in [5.74, 6) is 0.581. The summed E-state index contributed by atoms with van der Waals surface area (Å²) in [6.07, 6.45) is 1.82. The van der Waals surface area contributed by atoms with Crippen LogP contribution >= 0.6 is 0 Å². The Balaban J connectivity index is 1.70. The van der Waals surface area contributed by atoms with Crippen molar-refractivity contribution in [1.29, 1.82) is 0 Å². The first-order valence-corrected chi connectivity index (χ1v) is 8.31. The minimum Gasteiger partial charge on any atom is -0.444 e. The SMILES string of the molecule is CC(=O)c1cccc(C23CCN(C(=O)OC(C)(C)C)CC2C3)c1. The fraction of sp³-hybridized carbons (Fsp3) is 0.579. The molecule has 1 amide bonds. The molecule has 2 unspecified atom stereocenters. The first kappa shape index (κ1) is 16.0. The van der Waals surface area contributed by atoms with Crippen molar-refractivity contribution in [2.75, 3.05) is 13.1 Å². The molecule has 0 bridgehead atoms. The topological polar surface area (TPSA) is 46.6 Å². The molecule has 1 saturated carbocycles. The van der Waals surface area contributed by atoms with Crippen LogP contribution in [0.3, 0.4) is 0 Å². The molecule has 1 heterocycles. The zero-order chi connectivity index (χ0) is 16.8. The molecular formula is C19H25NO3. The largest absolute Gasteiger partial charge is 0.444 e. The molecule has 0 aromatic heterocycles. The van der Waals surface area contributed by atoms with Gasteiger partial charge in [-0.2, -0.15) is 0 Å². The van der Waals surface area contributed by atoms with Crippen LogP contribution < -0.4 is 0 Å². The number of ether oxygens (including phenoxy) is 1. The van der Waals surface area contributed by atoms with E-state index in [-0.39, 0.29) is 17.3 Å². The van der Waals surface area contributed by atoms with Crippen LogP contribution in [0.25, 0.3) is 0 Å². The Morgan fingerprint density at radius 3 is 2.65 bits per heavy atom. The lowest BCUT2D eigenvalue weighted by atomic mass is 9.86. The van der Waals surface area contributed by atoms with Crippen LogP contribution in [0.4, 0.5) is 4.79 Å². The number of carbonyl (C=O) groups is 2. The number of hydrogen-bond donors (Lipinski definition) is 0. The first-order valence-electron chi connectivity index (χ1n) is 8.31. The summed E-state index contributed by atoms with van der Waals surface area (Å²) >= 11 is 0. The molecule has 4 heteroatoms. The number of ketones is 1. The Morgan fingerprint density at radius 2 is 2.04 bits per heavy atom. The van der Waals surface area contributed by atoms with Crippen LogP contribution in [0.5, 0.6) is 0 Å². The van der Waals surface area contributed by atoms with Gasteiger partial charge in [-0.1, -0.05) is 18.2 Å². The Bertz CT molecular complexity index is 646. The van der Waals surface area contributed by atoms with E-state index in [1.807, 2.05) is 43.9 Å². The lowest BCUT2D eigenvalue weighted by Gasteiger charge is -2.33. The summed E-state index contributed by atoms with van der Waals surface area (Å²) in [5, 5.41) is 0. The molecular weight excluding hydrogens is 290 g/mol. The van der Waals surface area contributed by atoms with E-state index in [0.717, 1.165) is 31.5 Å². The second-order valence-corrected chi connectivity index (χ2v) is 7.87. The molecule has 3 rings (SSSR count). The average molecular weight is 315 g/mol. The minimum atomic E-state index is -0.453. The van der Waals surface area contributed by atoms with Crippen molar-refractivity contribution in [3.63, 3.8) is 0 Å². The smallest absolute Gasteiger partial charge is 0.410 e. The van der Waals surface area contributed by atoms with Crippen molar-refractivity contribution in [3.8, 4) is 0 Å². The molecule has 23 heavy (non-hydrogen) atoms. The lowest BCUT2D eigenvalue weighted by Crippen LogP contribution is -2.43. The number of Topliss-reactive ketones (excluding diaryl/α,β-unsaturated/α-hetero) is 1. The molecule has 0 N–H and O–H groups in total. The third-order valence-corrected chi connectivity index (χ3v) is 5.00. The fourth-order valence-electron chi connectivity index (χ4n) is 3.66. The molecule has 1 saturated heterocycles. The van der Waals surface area contributed by atoms with Crippen molar-refractivity contribution < 1.29 is 14.3 Å². The quantitative estimate of drug-likeness (QED) is 0.780. The molecule has 2 aliphatic rings. The fourth-order valence-corrected chi connectivity index (χ4v) is 3.66. The van der Waals surface area contributed by atoms with Crippen molar-refractivity contribution in [3.05, 3.63) is 35.4 Å². The molecule has 4 nitrogen and oxygen atoms in total. The summed E-state index contributed by atoms with van der Waals surface area (Å²) in [6, 6.07) is 7.99. The number of nitrogens with zero attached hydrogens (tertiary/aromatic N) is 1. The van der Waals surface area contributed by atoms with E-state index in [2.05, 4.69) is 6.07 Å². The van der Waals surface area contributed by atoms with Crippen molar-refractivity contribution in [2.45, 2.75) is 51.6 Å². The van der Waals surface area contributed by atoms with Crippen LogP contribution in [0.2, 0.25) is 0 Å². The predicted octanol–water partition coefficient (Wildman–Crippen LogP) is 3.79. The number of hydrogen-bond acceptors (Lipinski definition) is 3. The van der Waals surface area contributed by atoms with E-state index in [1.54, 1.807) is 6.92 Å². The summed E-state index contributed by atoms with van der Waals surface area (Å²) < 4.78 is 5.48. The molecule has 2 atom stereocenters. The molecule has 124 valence electrons. The highest BCUT2D eigenvalue weighted by Gasteiger charge is 2.58. The normalized spacial score (nSPS) is 26.4. The van der Waals surface area contributed by atoms with Gasteiger partial charge in [0, 0.05) is 24.1 Å². The second-order valence-electron chi connectivity index (χ2n) is 7.87. The summed E-state index contributed by atoms with van der Waals surface area (Å²) in [6.45, 7) is 8.75. The standard InChI is InChI=1S/C19H25NO3/c1-13(21)14-6-5-7-15(10-14)19-8-9-20(12-16(19)11-19)17(22)23-18(2,3)4/h5-7,10,16H,8-9,11-12H2,1-4H3. The van der Waals surface area contributed by atoms with Gasteiger partial charge >= 0.3 is 6.09 Å². The number of piperidine rings is 1. The maximum Gasteiger partial charge on any atom is 0.410 e. The Kier molecular flexibility index (Phi) is 3.74. The summed E-state index contributed by atoms with van der Waals surface area (Å²) in [7, 11) is 0. The number of benzene rings is 1.